The summed E-state index contributed by atoms with van der Waals surface area (Å²) in [5.41, 5.74) is 1.08. The van der Waals surface area contributed by atoms with E-state index in [9.17, 15) is 4.79 Å². The Hall–Kier alpha value is -1.10. The van der Waals surface area contributed by atoms with Gasteiger partial charge in [-0.3, -0.25) is 9.69 Å². The van der Waals surface area contributed by atoms with Crippen molar-refractivity contribution in [1.29, 1.82) is 0 Å². The smallest absolute Gasteiger partial charge is 0.243 e. The Bertz CT molecular complexity index is 694. The molecule has 176 valence electrons. The van der Waals surface area contributed by atoms with Crippen molar-refractivity contribution in [3.8, 4) is 0 Å². The average Bonchev–Trinajstić information content (AvgIpc) is 3.26. The molecule has 1 aromatic carbocycles. The fourth-order valence-corrected chi connectivity index (χ4v) is 3.78. The molecular weight excluding hydrogens is 529 g/mol. The summed E-state index contributed by atoms with van der Waals surface area (Å²) in [5.74, 6) is 0.574. The van der Waals surface area contributed by atoms with Crippen molar-refractivity contribution in [1.82, 2.24) is 20.4 Å². The Morgan fingerprint density at radius 3 is 2.55 bits per heavy atom. The predicted molar refractivity (Wildman–Crippen MR) is 139 cm³/mol. The predicted octanol–water partition coefficient (Wildman–Crippen LogP) is 3.14. The summed E-state index contributed by atoms with van der Waals surface area (Å²) in [5, 5.41) is 7.52. The van der Waals surface area contributed by atoms with Gasteiger partial charge >= 0.3 is 0 Å². The highest BCUT2D eigenvalue weighted by molar-refractivity contribution is 14.0. The number of amides is 1. The van der Waals surface area contributed by atoms with Gasteiger partial charge in [-0.1, -0.05) is 43.6 Å². The monoisotopic (exact) mass is 565 g/mol. The van der Waals surface area contributed by atoms with Gasteiger partial charge in [-0.15, -0.1) is 24.0 Å². The van der Waals surface area contributed by atoms with Crippen LogP contribution in [0, 0.1) is 0 Å². The number of guanidine groups is 1. The van der Waals surface area contributed by atoms with Gasteiger partial charge in [0.2, 0.25) is 5.91 Å². The molecule has 0 saturated carbocycles. The molecule has 0 aliphatic carbocycles. The van der Waals surface area contributed by atoms with Crippen molar-refractivity contribution >= 4 is 47.4 Å². The normalized spacial score (nSPS) is 17.2. The second-order valence-electron chi connectivity index (χ2n) is 7.61. The van der Waals surface area contributed by atoms with Crippen LogP contribution < -0.4 is 10.6 Å². The second kappa shape index (κ2) is 14.9. The lowest BCUT2D eigenvalue weighted by Gasteiger charge is -2.31. The zero-order chi connectivity index (χ0) is 21.9. The summed E-state index contributed by atoms with van der Waals surface area (Å²) in [6.45, 7) is 8.30. The molecular formula is C22H37ClIN5O2. The van der Waals surface area contributed by atoms with Crippen LogP contribution in [0.1, 0.15) is 38.3 Å². The van der Waals surface area contributed by atoms with Gasteiger partial charge in [-0.2, -0.15) is 0 Å². The van der Waals surface area contributed by atoms with Gasteiger partial charge in [0.25, 0.3) is 0 Å². The first kappa shape index (κ1) is 27.9. The van der Waals surface area contributed by atoms with Crippen molar-refractivity contribution in [3.63, 3.8) is 0 Å². The number of hydrogen-bond donors (Lipinski definition) is 2. The summed E-state index contributed by atoms with van der Waals surface area (Å²) < 4.78 is 5.70. The van der Waals surface area contributed by atoms with Crippen molar-refractivity contribution < 1.29 is 9.53 Å². The van der Waals surface area contributed by atoms with Crippen LogP contribution in [-0.2, 0) is 9.53 Å². The fourth-order valence-electron chi connectivity index (χ4n) is 3.52. The molecule has 31 heavy (non-hydrogen) atoms. The van der Waals surface area contributed by atoms with E-state index in [0.717, 1.165) is 43.1 Å². The summed E-state index contributed by atoms with van der Waals surface area (Å²) in [7, 11) is 3.47. The maximum Gasteiger partial charge on any atom is 0.243 e. The van der Waals surface area contributed by atoms with E-state index >= 15 is 0 Å². The number of rotatable bonds is 10. The van der Waals surface area contributed by atoms with Crippen LogP contribution in [0.2, 0.25) is 5.02 Å². The molecule has 1 aliphatic heterocycles. The minimum absolute atomic E-state index is 0. The molecule has 1 heterocycles. The first-order valence-corrected chi connectivity index (χ1v) is 11.2. The first-order valence-electron chi connectivity index (χ1n) is 10.8. The van der Waals surface area contributed by atoms with E-state index in [1.54, 1.807) is 19.0 Å². The van der Waals surface area contributed by atoms with Crippen LogP contribution in [-0.4, -0.2) is 81.2 Å². The number of ether oxygens (including phenoxy) is 1. The molecule has 0 bridgehead atoms. The van der Waals surface area contributed by atoms with Gasteiger partial charge in [0.05, 0.1) is 12.1 Å². The molecule has 2 atom stereocenters. The highest BCUT2D eigenvalue weighted by atomic mass is 127. The SMILES string of the molecule is CCN(CC)C(CNC(=NCC(=O)N(C)C)NCC1CCCO1)c1ccccc1Cl.I. The third-order valence-corrected chi connectivity index (χ3v) is 5.72. The first-order chi connectivity index (χ1) is 14.5. The zero-order valence-electron chi connectivity index (χ0n) is 19.1. The number of carbonyl (C=O) groups excluding carboxylic acids is 1. The number of likely N-dealkylation sites (N-methyl/N-ethyl adjacent to an activating group) is 2. The zero-order valence-corrected chi connectivity index (χ0v) is 22.2. The molecule has 1 saturated heterocycles. The van der Waals surface area contributed by atoms with Gasteiger partial charge in [0.15, 0.2) is 5.96 Å². The highest BCUT2D eigenvalue weighted by Gasteiger charge is 2.21. The number of nitrogens with one attached hydrogen (secondary N) is 2. The van der Waals surface area contributed by atoms with Gasteiger partial charge in [0.1, 0.15) is 6.54 Å². The number of aliphatic imine (C=N–C) groups is 1. The van der Waals surface area contributed by atoms with Gasteiger partial charge in [-0.05, 0) is 37.6 Å². The van der Waals surface area contributed by atoms with E-state index in [1.165, 1.54) is 0 Å². The van der Waals surface area contributed by atoms with Crippen molar-refractivity contribution in [2.24, 2.45) is 4.99 Å². The van der Waals surface area contributed by atoms with Gasteiger partial charge in [-0.25, -0.2) is 4.99 Å². The summed E-state index contributed by atoms with van der Waals surface area (Å²) in [6.07, 6.45) is 2.31. The van der Waals surface area contributed by atoms with E-state index < -0.39 is 0 Å². The minimum Gasteiger partial charge on any atom is -0.376 e. The van der Waals surface area contributed by atoms with Crippen LogP contribution in [0.25, 0.3) is 0 Å². The maximum atomic E-state index is 12.0. The standard InChI is InChI=1S/C22H36ClN5O2.HI/c1-5-28(6-2)20(18-11-7-8-12-19(18)23)15-25-22(26-16-21(29)27(3)4)24-14-17-10-9-13-30-17;/h7-8,11-12,17,20H,5-6,9-10,13-16H2,1-4H3,(H2,24,25,26);1H. The largest absolute Gasteiger partial charge is 0.376 e. The number of hydrogen-bond acceptors (Lipinski definition) is 4. The Labute approximate surface area is 209 Å². The van der Waals surface area contributed by atoms with Crippen LogP contribution in [0.15, 0.2) is 29.3 Å². The number of nitrogens with zero attached hydrogens (tertiary/aromatic N) is 3. The average molecular weight is 566 g/mol. The molecule has 2 N–H and O–H groups in total. The molecule has 0 radical (unpaired) electrons. The lowest BCUT2D eigenvalue weighted by Crippen LogP contribution is -2.45. The van der Waals surface area contributed by atoms with Crippen LogP contribution >= 0.6 is 35.6 Å². The number of halogens is 2. The Morgan fingerprint density at radius 2 is 1.97 bits per heavy atom. The van der Waals surface area contributed by atoms with E-state index in [-0.39, 0.29) is 48.6 Å². The third kappa shape index (κ3) is 9.11. The van der Waals surface area contributed by atoms with Gasteiger partial charge < -0.3 is 20.3 Å². The summed E-state index contributed by atoms with van der Waals surface area (Å²) >= 11 is 6.51. The molecule has 1 amide bonds. The molecule has 9 heteroatoms. The Kier molecular flexibility index (Phi) is 13.4. The molecule has 2 unspecified atom stereocenters. The van der Waals surface area contributed by atoms with Crippen molar-refractivity contribution in [2.45, 2.75) is 38.8 Å². The molecule has 1 aromatic rings. The topological polar surface area (TPSA) is 69.2 Å². The summed E-state index contributed by atoms with van der Waals surface area (Å²) in [6, 6.07) is 8.04. The fraction of sp³-hybridized carbons (Fsp3) is 0.636. The second-order valence-corrected chi connectivity index (χ2v) is 8.02. The van der Waals surface area contributed by atoms with Crippen molar-refractivity contribution in [3.05, 3.63) is 34.9 Å². The van der Waals surface area contributed by atoms with E-state index in [2.05, 4.69) is 40.4 Å². The molecule has 2 rings (SSSR count). The lowest BCUT2D eigenvalue weighted by molar-refractivity contribution is -0.127. The molecule has 0 spiro atoms. The molecule has 7 nitrogen and oxygen atoms in total. The van der Waals surface area contributed by atoms with E-state index in [1.807, 2.05) is 18.2 Å². The Balaban J connectivity index is 0.00000480. The van der Waals surface area contributed by atoms with Crippen LogP contribution in [0.5, 0.6) is 0 Å². The van der Waals surface area contributed by atoms with E-state index in [4.69, 9.17) is 16.3 Å². The summed E-state index contributed by atoms with van der Waals surface area (Å²) in [4.78, 5) is 20.4. The number of benzene rings is 1. The number of carbonyl (C=O) groups is 1. The Morgan fingerprint density at radius 1 is 1.26 bits per heavy atom. The van der Waals surface area contributed by atoms with Crippen molar-refractivity contribution in [2.75, 3.05) is 53.4 Å². The third-order valence-electron chi connectivity index (χ3n) is 5.37. The van der Waals surface area contributed by atoms with E-state index in [0.29, 0.717) is 19.0 Å². The van der Waals surface area contributed by atoms with Crippen LogP contribution in [0.3, 0.4) is 0 Å². The highest BCUT2D eigenvalue weighted by Crippen LogP contribution is 2.26. The van der Waals surface area contributed by atoms with Crippen LogP contribution in [0.4, 0.5) is 0 Å². The molecule has 0 aromatic heterocycles. The minimum atomic E-state index is -0.0420. The van der Waals surface area contributed by atoms with Gasteiger partial charge in [0, 0.05) is 38.8 Å². The molecule has 1 fully saturated rings. The quantitative estimate of drug-likeness (QED) is 0.259. The maximum absolute atomic E-state index is 12.0. The lowest BCUT2D eigenvalue weighted by atomic mass is 10.0. The molecule has 1 aliphatic rings.